The van der Waals surface area contributed by atoms with E-state index in [4.69, 9.17) is 9.15 Å². The molecule has 1 amide bonds. The number of nitrogens with zero attached hydrogens (tertiary/aromatic N) is 3. The predicted octanol–water partition coefficient (Wildman–Crippen LogP) is 2.53. The Morgan fingerprint density at radius 2 is 1.80 bits per heavy atom. The summed E-state index contributed by atoms with van der Waals surface area (Å²) in [7, 11) is 1.31. The molecule has 2 aromatic carbocycles. The molecule has 30 heavy (non-hydrogen) atoms. The summed E-state index contributed by atoms with van der Waals surface area (Å²) in [6, 6.07) is 10.8. The van der Waals surface area contributed by atoms with Crippen LogP contribution in [0.25, 0.3) is 21.3 Å². The van der Waals surface area contributed by atoms with Crippen LogP contribution in [0.4, 0.5) is 0 Å². The second-order valence-electron chi connectivity index (χ2n) is 6.88. The number of aromatic nitrogens is 2. The van der Waals surface area contributed by atoms with Gasteiger partial charge in [-0.15, -0.1) is 0 Å². The molecule has 9 heteroatoms. The fraction of sp³-hybridized carbons (Fsp3) is 0.238. The van der Waals surface area contributed by atoms with E-state index in [9.17, 15) is 14.4 Å². The topological polar surface area (TPSA) is 95.8 Å². The van der Waals surface area contributed by atoms with Gasteiger partial charge in [0.15, 0.2) is 10.4 Å². The Bertz CT molecular complexity index is 1420. The van der Waals surface area contributed by atoms with Gasteiger partial charge in [0.25, 0.3) is 5.91 Å². The van der Waals surface area contributed by atoms with E-state index < -0.39 is 17.6 Å². The lowest BCUT2D eigenvalue weighted by Gasteiger charge is -2.05. The summed E-state index contributed by atoms with van der Waals surface area (Å²) in [5, 5.41) is 0. The van der Waals surface area contributed by atoms with Gasteiger partial charge in [-0.1, -0.05) is 23.5 Å². The van der Waals surface area contributed by atoms with Gasteiger partial charge in [-0.25, -0.2) is 4.79 Å². The van der Waals surface area contributed by atoms with Crippen molar-refractivity contribution in [1.82, 2.24) is 9.13 Å². The van der Waals surface area contributed by atoms with Crippen molar-refractivity contribution < 1.29 is 18.7 Å². The van der Waals surface area contributed by atoms with Gasteiger partial charge in [0.2, 0.25) is 0 Å². The molecule has 0 aliphatic heterocycles. The molecule has 0 bridgehead atoms. The summed E-state index contributed by atoms with van der Waals surface area (Å²) in [5.74, 6) is -1.59. The van der Waals surface area contributed by atoms with E-state index in [0.717, 1.165) is 21.3 Å². The smallest absolute Gasteiger partial charge is 0.420 e. The van der Waals surface area contributed by atoms with Crippen molar-refractivity contribution >= 4 is 44.5 Å². The largest absolute Gasteiger partial charge is 0.468 e. The van der Waals surface area contributed by atoms with E-state index in [-0.39, 0.29) is 13.1 Å². The molecule has 0 aliphatic carbocycles. The number of amides is 1. The Balaban J connectivity index is 1.80. The average Bonchev–Trinajstić information content (AvgIpc) is 3.19. The number of fused-ring (bicyclic) bond motifs is 2. The van der Waals surface area contributed by atoms with E-state index in [1.807, 2.05) is 26.0 Å². The first-order valence-electron chi connectivity index (χ1n) is 9.20. The highest BCUT2D eigenvalue weighted by atomic mass is 32.1. The molecule has 0 spiro atoms. The van der Waals surface area contributed by atoms with Crippen molar-refractivity contribution in [2.75, 3.05) is 7.11 Å². The van der Waals surface area contributed by atoms with Gasteiger partial charge in [-0.2, -0.15) is 4.99 Å². The second-order valence-corrected chi connectivity index (χ2v) is 7.89. The van der Waals surface area contributed by atoms with Crippen LogP contribution in [0.15, 0.2) is 50.6 Å². The zero-order valence-corrected chi connectivity index (χ0v) is 17.5. The number of methoxy groups -OCH3 is 1. The van der Waals surface area contributed by atoms with Gasteiger partial charge in [0.1, 0.15) is 13.1 Å². The quantitative estimate of drug-likeness (QED) is 0.468. The van der Waals surface area contributed by atoms with Gasteiger partial charge in [0, 0.05) is 0 Å². The molecule has 0 atom stereocenters. The first-order valence-corrected chi connectivity index (χ1v) is 10.0. The monoisotopic (exact) mass is 425 g/mol. The maximum absolute atomic E-state index is 12.7. The van der Waals surface area contributed by atoms with Crippen LogP contribution < -0.4 is 10.6 Å². The first-order chi connectivity index (χ1) is 14.4. The third-order valence-corrected chi connectivity index (χ3v) is 5.94. The van der Waals surface area contributed by atoms with Gasteiger partial charge >= 0.3 is 11.7 Å². The highest BCUT2D eigenvalue weighted by Gasteiger charge is 2.15. The molecule has 0 N–H and O–H groups in total. The maximum atomic E-state index is 12.7. The maximum Gasteiger partial charge on any atom is 0.420 e. The number of thiazole rings is 1. The number of benzene rings is 2. The van der Waals surface area contributed by atoms with Crippen LogP contribution in [0.5, 0.6) is 0 Å². The average molecular weight is 425 g/mol. The number of aryl methyl sites for hydroxylation is 2. The van der Waals surface area contributed by atoms with E-state index >= 15 is 0 Å². The number of para-hydroxylation sites is 2. The Hall–Kier alpha value is -3.46. The van der Waals surface area contributed by atoms with Crippen LogP contribution >= 0.6 is 11.3 Å². The van der Waals surface area contributed by atoms with E-state index in [1.54, 1.807) is 28.8 Å². The molecular formula is C21H19N3O5S. The Morgan fingerprint density at radius 3 is 2.57 bits per heavy atom. The van der Waals surface area contributed by atoms with Crippen molar-refractivity contribution in [3.8, 4) is 0 Å². The Kier molecular flexibility index (Phi) is 5.13. The highest BCUT2D eigenvalue weighted by molar-refractivity contribution is 7.16. The fourth-order valence-electron chi connectivity index (χ4n) is 3.19. The molecule has 2 aromatic heterocycles. The number of carbonyl (C=O) groups is 2. The minimum atomic E-state index is -0.621. The van der Waals surface area contributed by atoms with Crippen LogP contribution in [0.2, 0.25) is 0 Å². The molecule has 8 nitrogen and oxygen atoms in total. The van der Waals surface area contributed by atoms with Gasteiger partial charge in [0.05, 0.1) is 22.8 Å². The molecule has 0 saturated heterocycles. The van der Waals surface area contributed by atoms with Crippen molar-refractivity contribution in [1.29, 1.82) is 0 Å². The Morgan fingerprint density at radius 1 is 1.07 bits per heavy atom. The van der Waals surface area contributed by atoms with Gasteiger partial charge < -0.3 is 13.7 Å². The first kappa shape index (κ1) is 19.8. The summed E-state index contributed by atoms with van der Waals surface area (Å²) in [6.07, 6.45) is 0. The van der Waals surface area contributed by atoms with Gasteiger partial charge in [-0.3, -0.25) is 14.2 Å². The molecule has 2 heterocycles. The second kappa shape index (κ2) is 7.75. The van der Waals surface area contributed by atoms with Crippen molar-refractivity contribution in [3.05, 3.63) is 62.9 Å². The van der Waals surface area contributed by atoms with E-state index in [2.05, 4.69) is 4.99 Å². The molecule has 0 unspecified atom stereocenters. The number of hydrogen-bond donors (Lipinski definition) is 0. The summed E-state index contributed by atoms with van der Waals surface area (Å²) in [6.45, 7) is 3.64. The number of rotatable bonds is 4. The van der Waals surface area contributed by atoms with Crippen molar-refractivity contribution in [2.45, 2.75) is 26.9 Å². The molecule has 154 valence electrons. The Labute approximate surface area is 174 Å². The molecule has 0 aliphatic rings. The number of ether oxygens (including phenoxy) is 1. The van der Waals surface area contributed by atoms with E-state index in [0.29, 0.717) is 15.9 Å². The number of oxazole rings is 1. The highest BCUT2D eigenvalue weighted by Crippen LogP contribution is 2.22. The molecule has 4 rings (SSSR count). The van der Waals surface area contributed by atoms with Crippen LogP contribution in [-0.4, -0.2) is 28.1 Å². The minimum absolute atomic E-state index is 0.0697. The predicted molar refractivity (Wildman–Crippen MR) is 112 cm³/mol. The lowest BCUT2D eigenvalue weighted by molar-refractivity contribution is -0.141. The lowest BCUT2D eigenvalue weighted by Crippen LogP contribution is -2.24. The third-order valence-electron chi connectivity index (χ3n) is 4.90. The van der Waals surface area contributed by atoms with Crippen LogP contribution in [0.3, 0.4) is 0 Å². The zero-order chi connectivity index (χ0) is 21.4. The van der Waals surface area contributed by atoms with Crippen LogP contribution in [0, 0.1) is 13.8 Å². The lowest BCUT2D eigenvalue weighted by atomic mass is 10.1. The van der Waals surface area contributed by atoms with Crippen molar-refractivity contribution in [3.63, 3.8) is 0 Å². The minimum Gasteiger partial charge on any atom is -0.468 e. The third kappa shape index (κ3) is 3.59. The number of carbonyl (C=O) groups excluding carboxylic acids is 2. The zero-order valence-electron chi connectivity index (χ0n) is 16.7. The summed E-state index contributed by atoms with van der Waals surface area (Å²) < 4.78 is 13.8. The van der Waals surface area contributed by atoms with Gasteiger partial charge in [-0.05, 0) is 49.2 Å². The fourth-order valence-corrected chi connectivity index (χ4v) is 4.32. The summed E-state index contributed by atoms with van der Waals surface area (Å²) >= 11 is 1.30. The van der Waals surface area contributed by atoms with Crippen LogP contribution in [0.1, 0.15) is 11.1 Å². The number of esters is 1. The van der Waals surface area contributed by atoms with E-state index in [1.165, 1.54) is 23.0 Å². The van der Waals surface area contributed by atoms with Crippen molar-refractivity contribution in [2.24, 2.45) is 4.99 Å². The number of hydrogen-bond acceptors (Lipinski definition) is 6. The molecule has 4 aromatic rings. The standard InChI is InChI=1S/C21H19N3O5S/c1-12-8-15-17(9-13(12)2)30-20(23(15)11-19(26)28-3)22-18(25)10-24-14-6-4-5-7-16(14)29-21(24)27/h4-9H,10-11H2,1-3H3. The molecule has 0 fully saturated rings. The molecular weight excluding hydrogens is 406 g/mol. The molecule has 0 radical (unpaired) electrons. The molecule has 0 saturated carbocycles. The van der Waals surface area contributed by atoms with Crippen LogP contribution in [-0.2, 0) is 27.4 Å². The summed E-state index contributed by atoms with van der Waals surface area (Å²) in [5.41, 5.74) is 3.89. The summed E-state index contributed by atoms with van der Waals surface area (Å²) in [4.78, 5) is 41.3. The normalized spacial score (nSPS) is 12.0. The SMILES string of the molecule is COC(=O)Cn1c(=NC(=O)Cn2c(=O)oc3ccccc32)sc2cc(C)c(C)cc21.